The predicted octanol–water partition coefficient (Wildman–Crippen LogP) is 3.31. The highest BCUT2D eigenvalue weighted by molar-refractivity contribution is 7.99. The van der Waals surface area contributed by atoms with Crippen LogP contribution >= 0.6 is 11.8 Å². The van der Waals surface area contributed by atoms with Crippen molar-refractivity contribution in [2.75, 3.05) is 5.75 Å². The van der Waals surface area contributed by atoms with Gasteiger partial charge in [-0.3, -0.25) is 10.1 Å². The first-order valence-electron chi connectivity index (χ1n) is 8.82. The van der Waals surface area contributed by atoms with E-state index in [1.165, 1.54) is 31.0 Å². The van der Waals surface area contributed by atoms with Crippen LogP contribution in [-0.4, -0.2) is 23.2 Å². The molecule has 0 atom stereocenters. The van der Waals surface area contributed by atoms with Gasteiger partial charge in [0.05, 0.1) is 17.8 Å². The fourth-order valence-corrected chi connectivity index (χ4v) is 6.06. The van der Waals surface area contributed by atoms with Gasteiger partial charge in [-0.15, -0.1) is 11.8 Å². The molecule has 2 N–H and O–H groups in total. The van der Waals surface area contributed by atoms with E-state index in [0.717, 1.165) is 42.8 Å². The van der Waals surface area contributed by atoms with Crippen molar-refractivity contribution < 1.29 is 14.0 Å². The zero-order valence-electron chi connectivity index (χ0n) is 13.8. The van der Waals surface area contributed by atoms with Crippen molar-refractivity contribution >= 4 is 23.7 Å². The Bertz CT molecular complexity index is 579. The third-order valence-corrected chi connectivity index (χ3v) is 6.68. The van der Waals surface area contributed by atoms with Gasteiger partial charge in [-0.25, -0.2) is 4.79 Å². The highest BCUT2D eigenvalue weighted by Gasteiger charge is 2.51. The molecule has 4 saturated carbocycles. The summed E-state index contributed by atoms with van der Waals surface area (Å²) in [5.41, 5.74) is -0.0551. The Morgan fingerprint density at radius 2 is 1.83 bits per heavy atom. The van der Waals surface area contributed by atoms with Crippen LogP contribution in [0, 0.1) is 17.8 Å². The minimum Gasteiger partial charge on any atom is -0.468 e. The summed E-state index contributed by atoms with van der Waals surface area (Å²) in [6, 6.07) is 3.39. The summed E-state index contributed by atoms with van der Waals surface area (Å²) >= 11 is 1.45. The molecule has 0 saturated heterocycles. The zero-order valence-corrected chi connectivity index (χ0v) is 14.6. The molecule has 1 aromatic rings. The minimum atomic E-state index is -0.319. The normalized spacial score (nSPS) is 33.4. The molecule has 130 valence electrons. The highest BCUT2D eigenvalue weighted by Crippen LogP contribution is 2.55. The van der Waals surface area contributed by atoms with E-state index >= 15 is 0 Å². The first kappa shape index (κ1) is 16.1. The van der Waals surface area contributed by atoms with Crippen molar-refractivity contribution in [3.05, 3.63) is 24.2 Å². The fraction of sp³-hybridized carbons (Fsp3) is 0.667. The average Bonchev–Trinajstić information content (AvgIpc) is 2.98. The lowest BCUT2D eigenvalue weighted by Gasteiger charge is -2.56. The molecular weight excluding hydrogens is 324 g/mol. The van der Waals surface area contributed by atoms with Gasteiger partial charge in [0.2, 0.25) is 5.91 Å². The number of hydrogen-bond acceptors (Lipinski definition) is 4. The van der Waals surface area contributed by atoms with E-state index < -0.39 is 0 Å². The van der Waals surface area contributed by atoms with Crippen LogP contribution in [0.15, 0.2) is 22.8 Å². The lowest BCUT2D eigenvalue weighted by molar-refractivity contribution is -0.117. The molecule has 0 radical (unpaired) electrons. The number of nitrogens with one attached hydrogen (secondary N) is 2. The van der Waals surface area contributed by atoms with Crippen LogP contribution in [0.4, 0.5) is 4.79 Å². The van der Waals surface area contributed by atoms with Crippen LogP contribution in [0.3, 0.4) is 0 Å². The van der Waals surface area contributed by atoms with Crippen molar-refractivity contribution in [3.63, 3.8) is 0 Å². The molecule has 0 aliphatic heterocycles. The number of urea groups is 1. The summed E-state index contributed by atoms with van der Waals surface area (Å²) in [4.78, 5) is 24.2. The van der Waals surface area contributed by atoms with Crippen LogP contribution in [0.1, 0.15) is 44.3 Å². The molecule has 5 nitrogen and oxygen atoms in total. The predicted molar refractivity (Wildman–Crippen MR) is 92.4 cm³/mol. The smallest absolute Gasteiger partial charge is 0.321 e. The van der Waals surface area contributed by atoms with Crippen LogP contribution in [0.2, 0.25) is 0 Å². The molecule has 6 heteroatoms. The maximum atomic E-state index is 12.3. The first-order chi connectivity index (χ1) is 11.6. The molecule has 1 aromatic heterocycles. The summed E-state index contributed by atoms with van der Waals surface area (Å²) in [6.45, 7) is 0. The summed E-state index contributed by atoms with van der Waals surface area (Å²) < 4.78 is 5.22. The van der Waals surface area contributed by atoms with E-state index in [0.29, 0.717) is 5.75 Å². The van der Waals surface area contributed by atoms with Gasteiger partial charge in [0, 0.05) is 5.54 Å². The summed E-state index contributed by atoms with van der Waals surface area (Å²) in [6.07, 6.45) is 8.91. The second kappa shape index (κ2) is 6.47. The molecule has 0 unspecified atom stereocenters. The van der Waals surface area contributed by atoms with Gasteiger partial charge in [0.25, 0.3) is 0 Å². The number of hydrogen-bond donors (Lipinski definition) is 2. The van der Waals surface area contributed by atoms with E-state index in [1.807, 2.05) is 12.1 Å². The van der Waals surface area contributed by atoms with E-state index in [1.54, 1.807) is 6.26 Å². The Balaban J connectivity index is 1.24. The van der Waals surface area contributed by atoms with Gasteiger partial charge < -0.3 is 9.73 Å². The number of amides is 3. The lowest BCUT2D eigenvalue weighted by atomic mass is 9.53. The van der Waals surface area contributed by atoms with Gasteiger partial charge >= 0.3 is 6.03 Å². The fourth-order valence-electron chi connectivity index (χ4n) is 5.34. The van der Waals surface area contributed by atoms with Crippen LogP contribution in [0.25, 0.3) is 0 Å². The van der Waals surface area contributed by atoms with E-state index in [-0.39, 0.29) is 23.2 Å². The number of furan rings is 1. The van der Waals surface area contributed by atoms with Gasteiger partial charge in [-0.05, 0) is 68.4 Å². The van der Waals surface area contributed by atoms with E-state index in [9.17, 15) is 9.59 Å². The molecule has 24 heavy (non-hydrogen) atoms. The summed E-state index contributed by atoms with van der Waals surface area (Å²) in [7, 11) is 0. The lowest BCUT2D eigenvalue weighted by Crippen LogP contribution is -2.61. The minimum absolute atomic E-state index is 0.0551. The third-order valence-electron chi connectivity index (χ3n) is 5.73. The Labute approximate surface area is 146 Å². The Kier molecular flexibility index (Phi) is 4.33. The SMILES string of the molecule is O=C(CSCc1ccco1)NC(=O)NC12CC3CC(CC(C3)C1)C2. The number of rotatable bonds is 5. The summed E-state index contributed by atoms with van der Waals surface area (Å²) in [5, 5.41) is 5.66. The van der Waals surface area contributed by atoms with Gasteiger partial charge in [-0.1, -0.05) is 0 Å². The van der Waals surface area contributed by atoms with Gasteiger partial charge in [0.1, 0.15) is 5.76 Å². The Morgan fingerprint density at radius 1 is 1.17 bits per heavy atom. The Morgan fingerprint density at radius 3 is 2.42 bits per heavy atom. The van der Waals surface area contributed by atoms with Crippen molar-refractivity contribution in [2.45, 2.75) is 49.8 Å². The molecule has 0 aromatic carbocycles. The van der Waals surface area contributed by atoms with Crippen molar-refractivity contribution in [3.8, 4) is 0 Å². The number of thioether (sulfide) groups is 1. The topological polar surface area (TPSA) is 71.3 Å². The molecule has 4 fully saturated rings. The maximum Gasteiger partial charge on any atom is 0.321 e. The third kappa shape index (κ3) is 3.48. The number of imide groups is 1. The van der Waals surface area contributed by atoms with E-state index in [2.05, 4.69) is 10.6 Å². The highest BCUT2D eigenvalue weighted by atomic mass is 32.2. The van der Waals surface area contributed by atoms with Crippen LogP contribution in [-0.2, 0) is 10.5 Å². The number of carbonyl (C=O) groups is 2. The molecule has 4 bridgehead atoms. The van der Waals surface area contributed by atoms with E-state index in [4.69, 9.17) is 4.42 Å². The average molecular weight is 348 g/mol. The van der Waals surface area contributed by atoms with Crippen molar-refractivity contribution in [1.82, 2.24) is 10.6 Å². The Hall–Kier alpha value is -1.43. The first-order valence-corrected chi connectivity index (χ1v) is 9.98. The monoisotopic (exact) mass is 348 g/mol. The molecule has 3 amide bonds. The quantitative estimate of drug-likeness (QED) is 0.856. The molecule has 4 aliphatic carbocycles. The van der Waals surface area contributed by atoms with Gasteiger partial charge in [-0.2, -0.15) is 0 Å². The zero-order chi connectivity index (χ0) is 16.6. The molecule has 4 aliphatic rings. The summed E-state index contributed by atoms with van der Waals surface area (Å²) in [5.74, 6) is 3.81. The second-order valence-electron chi connectivity index (χ2n) is 7.77. The molecule has 5 rings (SSSR count). The second-order valence-corrected chi connectivity index (χ2v) is 8.76. The van der Waals surface area contributed by atoms with Crippen LogP contribution in [0.5, 0.6) is 0 Å². The van der Waals surface area contributed by atoms with Crippen molar-refractivity contribution in [2.24, 2.45) is 17.8 Å². The van der Waals surface area contributed by atoms with Crippen LogP contribution < -0.4 is 10.6 Å². The number of carbonyl (C=O) groups excluding carboxylic acids is 2. The maximum absolute atomic E-state index is 12.3. The molecule has 0 spiro atoms. The van der Waals surface area contributed by atoms with Crippen molar-refractivity contribution in [1.29, 1.82) is 0 Å². The standard InChI is InChI=1S/C18H24N2O3S/c21-16(11-24-10-15-2-1-3-23-15)19-17(22)20-18-7-12-4-13(8-18)6-14(5-12)9-18/h1-3,12-14H,4-11H2,(H2,19,20,21,22). The van der Waals surface area contributed by atoms with Gasteiger partial charge in [0.15, 0.2) is 0 Å². The molecule has 1 heterocycles. The largest absolute Gasteiger partial charge is 0.468 e. The molecular formula is C18H24N2O3S.